The molecule has 1 atom stereocenters. The van der Waals surface area contributed by atoms with Gasteiger partial charge in [0.2, 0.25) is 0 Å². The second-order valence-electron chi connectivity index (χ2n) is 18.3. The van der Waals surface area contributed by atoms with Crippen molar-refractivity contribution in [2.75, 3.05) is 6.61 Å². The number of phenols is 1. The minimum Gasteiger partial charge on any atom is -0.508 e. The van der Waals surface area contributed by atoms with Crippen molar-refractivity contribution in [3.63, 3.8) is 0 Å². The molecule has 1 aliphatic rings. The van der Waals surface area contributed by atoms with Crippen LogP contribution in [-0.2, 0) is 20.4 Å². The van der Waals surface area contributed by atoms with Gasteiger partial charge >= 0.3 is 5.97 Å². The number of esters is 1. The highest BCUT2D eigenvalue weighted by Crippen LogP contribution is 2.43. The number of ether oxygens (including phenoxy) is 2. The van der Waals surface area contributed by atoms with Crippen molar-refractivity contribution in [3.05, 3.63) is 141 Å². The monoisotopic (exact) mass is 873 g/mol. The van der Waals surface area contributed by atoms with E-state index in [1.54, 1.807) is 0 Å². The van der Waals surface area contributed by atoms with Crippen LogP contribution in [0.4, 0.5) is 0 Å². The summed E-state index contributed by atoms with van der Waals surface area (Å²) in [6, 6.07) is 25.9. The Labute approximate surface area is 386 Å². The standard InChI is InChI=1S/C32H44O4.C26H36O2/c1-7-31(34,8-2)19-18-25-14-15-26(20-23(25)5)32(9-3,10-4)27-16-17-29(24(6)21-27)35-22-28-12-11-13-30(33)36-28;1-7-25(28,8-2)16-15-21-11-12-22(17-19(21)5)26(9-3,10-4)23-13-14-24(27)20(6)18-23/h14-21,28,34H,7-13,22H2,1-6H3;11-18,27-28H,7-10H2,1-6H3/b19-18+;16-15+/t28-;/m0./s1. The minimum absolute atomic E-state index is 0.0704. The van der Waals surface area contributed by atoms with Crippen molar-refractivity contribution in [1.29, 1.82) is 0 Å². The van der Waals surface area contributed by atoms with Gasteiger partial charge < -0.3 is 24.8 Å². The average Bonchev–Trinajstić information content (AvgIpc) is 3.30. The summed E-state index contributed by atoms with van der Waals surface area (Å²) in [6.45, 7) is 25.8. The Hall–Kier alpha value is -4.65. The van der Waals surface area contributed by atoms with Gasteiger partial charge in [-0.25, -0.2) is 0 Å². The smallest absolute Gasteiger partial charge is 0.306 e. The lowest BCUT2D eigenvalue weighted by atomic mass is 9.70. The van der Waals surface area contributed by atoms with Gasteiger partial charge in [-0.15, -0.1) is 0 Å². The predicted molar refractivity (Wildman–Crippen MR) is 267 cm³/mol. The number of phenolic OH excluding ortho intramolecular Hbond substituents is 1. The molecule has 1 heterocycles. The number of carbonyl (C=O) groups is 1. The zero-order chi connectivity index (χ0) is 47.3. The van der Waals surface area contributed by atoms with Gasteiger partial charge in [-0.2, -0.15) is 0 Å². The highest BCUT2D eigenvalue weighted by molar-refractivity contribution is 5.70. The van der Waals surface area contributed by atoms with Crippen LogP contribution in [0.25, 0.3) is 12.2 Å². The first-order valence-electron chi connectivity index (χ1n) is 24.2. The highest BCUT2D eigenvalue weighted by Gasteiger charge is 2.33. The van der Waals surface area contributed by atoms with Gasteiger partial charge in [0.05, 0.1) is 11.2 Å². The van der Waals surface area contributed by atoms with Crippen molar-refractivity contribution in [1.82, 2.24) is 0 Å². The number of benzene rings is 4. The van der Waals surface area contributed by atoms with Crippen LogP contribution in [0.5, 0.6) is 11.5 Å². The van der Waals surface area contributed by atoms with E-state index in [1.165, 1.54) is 33.4 Å². The molecule has 0 saturated carbocycles. The number of hydrogen-bond donors (Lipinski definition) is 3. The number of hydrogen-bond acceptors (Lipinski definition) is 6. The molecule has 0 aromatic heterocycles. The van der Waals surface area contributed by atoms with Crippen molar-refractivity contribution in [3.8, 4) is 11.5 Å². The van der Waals surface area contributed by atoms with Crippen LogP contribution < -0.4 is 4.74 Å². The zero-order valence-corrected chi connectivity index (χ0v) is 41.4. The number of aromatic hydroxyl groups is 1. The summed E-state index contributed by atoms with van der Waals surface area (Å²) in [5.41, 5.74) is 10.2. The molecule has 0 aliphatic carbocycles. The summed E-state index contributed by atoms with van der Waals surface area (Å²) < 4.78 is 11.5. The fraction of sp³-hybridized carbons (Fsp3) is 0.500. The van der Waals surface area contributed by atoms with E-state index in [4.69, 9.17) is 9.47 Å². The number of rotatable bonds is 19. The van der Waals surface area contributed by atoms with E-state index in [0.29, 0.717) is 44.5 Å². The fourth-order valence-electron chi connectivity index (χ4n) is 9.39. The molecule has 0 amide bonds. The molecular weight excluding hydrogens is 793 g/mol. The Kier molecular flexibility index (Phi) is 18.7. The molecule has 0 unspecified atom stereocenters. The van der Waals surface area contributed by atoms with Crippen molar-refractivity contribution in [2.24, 2.45) is 0 Å². The number of carbonyl (C=O) groups excluding carboxylic acids is 1. The maximum atomic E-state index is 11.6. The summed E-state index contributed by atoms with van der Waals surface area (Å²) >= 11 is 0. The topological polar surface area (TPSA) is 96.2 Å². The van der Waals surface area contributed by atoms with Gasteiger partial charge in [-0.1, -0.05) is 140 Å². The van der Waals surface area contributed by atoms with E-state index >= 15 is 0 Å². The van der Waals surface area contributed by atoms with Crippen molar-refractivity contribution < 1.29 is 29.6 Å². The van der Waals surface area contributed by atoms with Gasteiger partial charge in [0, 0.05) is 17.3 Å². The largest absolute Gasteiger partial charge is 0.508 e. The molecule has 4 aromatic carbocycles. The van der Waals surface area contributed by atoms with E-state index < -0.39 is 11.2 Å². The summed E-state index contributed by atoms with van der Waals surface area (Å²) in [6.07, 6.45) is 16.9. The molecule has 348 valence electrons. The van der Waals surface area contributed by atoms with E-state index in [0.717, 1.165) is 66.5 Å². The molecule has 1 saturated heterocycles. The first-order valence-corrected chi connectivity index (χ1v) is 24.2. The molecule has 4 aromatic rings. The van der Waals surface area contributed by atoms with E-state index in [2.05, 4.69) is 127 Å². The molecule has 0 bridgehead atoms. The molecule has 0 radical (unpaired) electrons. The van der Waals surface area contributed by atoms with Gasteiger partial charge in [0.1, 0.15) is 24.2 Å². The van der Waals surface area contributed by atoms with E-state index in [-0.39, 0.29) is 22.9 Å². The maximum absolute atomic E-state index is 11.6. The summed E-state index contributed by atoms with van der Waals surface area (Å²) in [5.74, 6) is 1.07. The Morgan fingerprint density at radius 1 is 0.578 bits per heavy atom. The number of aliphatic hydroxyl groups is 2. The Balaban J connectivity index is 0.000000290. The van der Waals surface area contributed by atoms with Crippen LogP contribution in [0, 0.1) is 27.7 Å². The second kappa shape index (κ2) is 23.0. The molecular formula is C58H80O6. The normalized spacial score (nSPS) is 15.0. The molecule has 1 fully saturated rings. The lowest BCUT2D eigenvalue weighted by Gasteiger charge is -2.34. The third-order valence-corrected chi connectivity index (χ3v) is 14.8. The Bertz CT molecular complexity index is 2190. The highest BCUT2D eigenvalue weighted by atomic mass is 16.6. The second-order valence-corrected chi connectivity index (χ2v) is 18.3. The molecule has 5 rings (SSSR count). The molecule has 0 spiro atoms. The molecule has 64 heavy (non-hydrogen) atoms. The molecule has 6 nitrogen and oxygen atoms in total. The molecule has 1 aliphatic heterocycles. The third kappa shape index (κ3) is 12.2. The minimum atomic E-state index is -0.748. The van der Waals surface area contributed by atoms with Gasteiger partial charge in [-0.3, -0.25) is 4.79 Å². The van der Waals surface area contributed by atoms with Gasteiger partial charge in [0.25, 0.3) is 0 Å². The number of cyclic esters (lactones) is 1. The van der Waals surface area contributed by atoms with Crippen LogP contribution in [0.2, 0.25) is 0 Å². The van der Waals surface area contributed by atoms with Crippen molar-refractivity contribution in [2.45, 2.75) is 182 Å². The Morgan fingerprint density at radius 3 is 1.36 bits per heavy atom. The maximum Gasteiger partial charge on any atom is 0.306 e. The van der Waals surface area contributed by atoms with Gasteiger partial charge in [-0.05, 0) is 160 Å². The van der Waals surface area contributed by atoms with E-state index in [9.17, 15) is 20.1 Å². The zero-order valence-electron chi connectivity index (χ0n) is 41.4. The quantitative estimate of drug-likeness (QED) is 0.0812. The van der Waals surface area contributed by atoms with Gasteiger partial charge in [0.15, 0.2) is 0 Å². The van der Waals surface area contributed by atoms with Crippen LogP contribution in [0.1, 0.15) is 182 Å². The lowest BCUT2D eigenvalue weighted by molar-refractivity contribution is -0.155. The van der Waals surface area contributed by atoms with Crippen LogP contribution >= 0.6 is 0 Å². The third-order valence-electron chi connectivity index (χ3n) is 14.8. The van der Waals surface area contributed by atoms with Crippen LogP contribution in [-0.4, -0.2) is 45.2 Å². The van der Waals surface area contributed by atoms with Crippen LogP contribution in [0.15, 0.2) is 84.9 Å². The SMILES string of the molecule is CCC(O)(/C=C/c1ccc(C(CC)(CC)c2ccc(O)c(C)c2)cc1C)CC.CCC(O)(/C=C/c1ccc(C(CC)(CC)c2ccc(OC[C@@H]3CCCC(=O)O3)c(C)c2)cc1C)CC. The summed E-state index contributed by atoms with van der Waals surface area (Å²) in [4.78, 5) is 11.6. The molecule has 6 heteroatoms. The van der Waals surface area contributed by atoms with Crippen molar-refractivity contribution >= 4 is 18.1 Å². The summed E-state index contributed by atoms with van der Waals surface area (Å²) in [5, 5.41) is 31.1. The first-order chi connectivity index (χ1) is 30.4. The summed E-state index contributed by atoms with van der Waals surface area (Å²) in [7, 11) is 0. The first kappa shape index (κ1) is 52.0. The average molecular weight is 873 g/mol. The van der Waals surface area contributed by atoms with Crippen LogP contribution in [0.3, 0.4) is 0 Å². The number of aryl methyl sites for hydroxylation is 4. The predicted octanol–water partition coefficient (Wildman–Crippen LogP) is 14.1. The molecule has 3 N–H and O–H groups in total. The van der Waals surface area contributed by atoms with E-state index in [1.807, 2.05) is 52.8 Å². The Morgan fingerprint density at radius 2 is 0.984 bits per heavy atom. The lowest BCUT2D eigenvalue weighted by Crippen LogP contribution is -2.29. The fourth-order valence-corrected chi connectivity index (χ4v) is 9.39.